The van der Waals surface area contributed by atoms with Gasteiger partial charge in [-0.15, -0.1) is 0 Å². The fraction of sp³-hybridized carbons (Fsp3) is 0.667. The zero-order chi connectivity index (χ0) is 13.8. The molecule has 2 N–H and O–H groups in total. The van der Waals surface area contributed by atoms with Crippen LogP contribution >= 0.6 is 11.3 Å². The van der Waals surface area contributed by atoms with E-state index in [1.807, 2.05) is 6.07 Å². The molecule has 1 aromatic rings. The first-order valence-electron chi connectivity index (χ1n) is 6.47. The van der Waals surface area contributed by atoms with Crippen LogP contribution in [0.2, 0.25) is 0 Å². The summed E-state index contributed by atoms with van der Waals surface area (Å²) in [6.45, 7) is 5.03. The van der Waals surface area contributed by atoms with Gasteiger partial charge in [0, 0.05) is 24.0 Å². The monoisotopic (exact) mass is 285 g/mol. The summed E-state index contributed by atoms with van der Waals surface area (Å²) in [5, 5.41) is 11.0. The lowest BCUT2D eigenvalue weighted by molar-refractivity contribution is -0.380. The van der Waals surface area contributed by atoms with Gasteiger partial charge in [0.2, 0.25) is 0 Å². The molecule has 6 nitrogen and oxygen atoms in total. The van der Waals surface area contributed by atoms with Crippen LogP contribution in [-0.2, 0) is 4.74 Å². The number of thiophene rings is 1. The minimum atomic E-state index is -0.348. The Labute approximate surface area is 116 Å². The molecule has 0 bridgehead atoms. The summed E-state index contributed by atoms with van der Waals surface area (Å²) < 4.78 is 5.71. The lowest BCUT2D eigenvalue weighted by atomic mass is 10.1. The molecule has 0 saturated carbocycles. The number of nitro groups is 1. The maximum atomic E-state index is 10.8. The van der Waals surface area contributed by atoms with Crippen molar-refractivity contribution >= 4 is 16.3 Å². The lowest BCUT2D eigenvalue weighted by Gasteiger charge is -2.40. The van der Waals surface area contributed by atoms with Gasteiger partial charge in [-0.2, -0.15) is 0 Å². The molecule has 0 aliphatic carbocycles. The molecule has 0 aromatic carbocycles. The van der Waals surface area contributed by atoms with Crippen molar-refractivity contribution in [3.05, 3.63) is 27.1 Å². The van der Waals surface area contributed by atoms with Crippen LogP contribution in [0, 0.1) is 10.1 Å². The highest BCUT2D eigenvalue weighted by atomic mass is 32.1. The lowest BCUT2D eigenvalue weighted by Crippen LogP contribution is -2.48. The van der Waals surface area contributed by atoms with Gasteiger partial charge >= 0.3 is 5.00 Å². The van der Waals surface area contributed by atoms with E-state index in [1.54, 1.807) is 6.07 Å². The third-order valence-corrected chi connectivity index (χ3v) is 4.39. The molecule has 0 radical (unpaired) electrons. The Morgan fingerprint density at radius 3 is 3.00 bits per heavy atom. The van der Waals surface area contributed by atoms with Crippen molar-refractivity contribution in [2.45, 2.75) is 25.5 Å². The molecule has 0 spiro atoms. The number of nitrogens with zero attached hydrogens (tertiary/aromatic N) is 2. The Balaban J connectivity index is 2.25. The third kappa shape index (κ3) is 3.11. The van der Waals surface area contributed by atoms with Crippen LogP contribution in [0.4, 0.5) is 5.00 Å². The van der Waals surface area contributed by atoms with Gasteiger partial charge in [-0.1, -0.05) is 18.3 Å². The highest BCUT2D eigenvalue weighted by molar-refractivity contribution is 7.15. The van der Waals surface area contributed by atoms with Gasteiger partial charge in [0.15, 0.2) is 0 Å². The second kappa shape index (κ2) is 6.42. The standard InChI is InChI=1S/C12H19N3O3S/c1-2-5-14-6-7-18-9(8-13)12(14)10-3-4-11(19-10)15(16)17/h3-4,9,12H,2,5-8,13H2,1H3. The van der Waals surface area contributed by atoms with E-state index in [4.69, 9.17) is 10.5 Å². The van der Waals surface area contributed by atoms with Crippen LogP contribution in [0.3, 0.4) is 0 Å². The van der Waals surface area contributed by atoms with Crippen molar-refractivity contribution in [2.75, 3.05) is 26.2 Å². The first-order valence-corrected chi connectivity index (χ1v) is 7.28. The van der Waals surface area contributed by atoms with Gasteiger partial charge in [-0.05, 0) is 19.0 Å². The molecule has 2 unspecified atom stereocenters. The van der Waals surface area contributed by atoms with E-state index in [-0.39, 0.29) is 22.1 Å². The molecular formula is C12H19N3O3S. The second-order valence-electron chi connectivity index (χ2n) is 4.56. The fourth-order valence-electron chi connectivity index (χ4n) is 2.48. The van der Waals surface area contributed by atoms with Crippen molar-refractivity contribution in [2.24, 2.45) is 5.73 Å². The molecule has 106 valence electrons. The summed E-state index contributed by atoms with van der Waals surface area (Å²) in [6.07, 6.45) is 0.958. The molecule has 1 aliphatic rings. The molecule has 1 aromatic heterocycles. The summed E-state index contributed by atoms with van der Waals surface area (Å²) in [6, 6.07) is 3.43. The second-order valence-corrected chi connectivity index (χ2v) is 5.65. The molecule has 2 rings (SSSR count). The Bertz CT molecular complexity index is 436. The summed E-state index contributed by atoms with van der Waals surface area (Å²) in [5.41, 5.74) is 5.78. The largest absolute Gasteiger partial charge is 0.374 e. The number of ether oxygens (including phenoxy) is 1. The van der Waals surface area contributed by atoms with Gasteiger partial charge in [-0.3, -0.25) is 15.0 Å². The summed E-state index contributed by atoms with van der Waals surface area (Å²) in [4.78, 5) is 13.7. The normalized spacial score (nSPS) is 24.5. The minimum Gasteiger partial charge on any atom is -0.374 e. The number of morpholine rings is 1. The highest BCUT2D eigenvalue weighted by Crippen LogP contribution is 2.36. The zero-order valence-electron chi connectivity index (χ0n) is 10.9. The first-order chi connectivity index (χ1) is 9.17. The van der Waals surface area contributed by atoms with Gasteiger partial charge < -0.3 is 10.5 Å². The van der Waals surface area contributed by atoms with E-state index in [0.717, 1.165) is 24.4 Å². The van der Waals surface area contributed by atoms with Crippen molar-refractivity contribution < 1.29 is 9.66 Å². The van der Waals surface area contributed by atoms with Crippen LogP contribution in [-0.4, -0.2) is 42.2 Å². The maximum absolute atomic E-state index is 10.8. The number of rotatable bonds is 5. The van der Waals surface area contributed by atoms with Crippen LogP contribution < -0.4 is 5.73 Å². The molecule has 7 heteroatoms. The van der Waals surface area contributed by atoms with E-state index in [9.17, 15) is 10.1 Å². The predicted molar refractivity (Wildman–Crippen MR) is 74.4 cm³/mol. The molecule has 1 fully saturated rings. The Hall–Kier alpha value is -1.02. The number of hydrogen-bond donors (Lipinski definition) is 1. The average Bonchev–Trinajstić information content (AvgIpc) is 2.88. The molecule has 1 saturated heterocycles. The van der Waals surface area contributed by atoms with E-state index in [0.29, 0.717) is 13.2 Å². The van der Waals surface area contributed by atoms with Gasteiger partial charge in [-0.25, -0.2) is 0 Å². The molecular weight excluding hydrogens is 266 g/mol. The third-order valence-electron chi connectivity index (χ3n) is 3.28. The van der Waals surface area contributed by atoms with Crippen LogP contribution in [0.1, 0.15) is 24.3 Å². The molecule has 19 heavy (non-hydrogen) atoms. The summed E-state index contributed by atoms with van der Waals surface area (Å²) in [7, 11) is 0. The van der Waals surface area contributed by atoms with Crippen LogP contribution in [0.5, 0.6) is 0 Å². The van der Waals surface area contributed by atoms with E-state index < -0.39 is 0 Å². The number of hydrogen-bond acceptors (Lipinski definition) is 6. The topological polar surface area (TPSA) is 81.6 Å². The van der Waals surface area contributed by atoms with Crippen LogP contribution in [0.25, 0.3) is 0 Å². The van der Waals surface area contributed by atoms with E-state index in [1.165, 1.54) is 11.3 Å². The Kier molecular flexibility index (Phi) is 4.87. The van der Waals surface area contributed by atoms with E-state index >= 15 is 0 Å². The minimum absolute atomic E-state index is 0.0393. The zero-order valence-corrected chi connectivity index (χ0v) is 11.8. The van der Waals surface area contributed by atoms with Crippen LogP contribution in [0.15, 0.2) is 12.1 Å². The van der Waals surface area contributed by atoms with Crippen molar-refractivity contribution in [1.29, 1.82) is 0 Å². The summed E-state index contributed by atoms with van der Waals surface area (Å²) >= 11 is 1.22. The SMILES string of the molecule is CCCN1CCOC(CN)C1c1ccc([N+](=O)[O-])s1. The Morgan fingerprint density at radius 2 is 2.42 bits per heavy atom. The fourth-order valence-corrected chi connectivity index (χ4v) is 3.49. The van der Waals surface area contributed by atoms with Crippen molar-refractivity contribution in [1.82, 2.24) is 4.90 Å². The average molecular weight is 285 g/mol. The maximum Gasteiger partial charge on any atom is 0.324 e. The first kappa shape index (κ1) is 14.4. The number of nitrogens with two attached hydrogens (primary N) is 1. The van der Waals surface area contributed by atoms with Gasteiger partial charge in [0.25, 0.3) is 0 Å². The van der Waals surface area contributed by atoms with Crippen molar-refractivity contribution in [3.63, 3.8) is 0 Å². The predicted octanol–water partition coefficient (Wildman–Crippen LogP) is 1.77. The molecule has 2 atom stereocenters. The highest BCUT2D eigenvalue weighted by Gasteiger charge is 2.34. The van der Waals surface area contributed by atoms with Gasteiger partial charge in [0.1, 0.15) is 0 Å². The van der Waals surface area contributed by atoms with Gasteiger partial charge in [0.05, 0.1) is 23.7 Å². The molecule has 1 aliphatic heterocycles. The quantitative estimate of drug-likeness (QED) is 0.658. The smallest absolute Gasteiger partial charge is 0.324 e. The molecule has 2 heterocycles. The van der Waals surface area contributed by atoms with Crippen molar-refractivity contribution in [3.8, 4) is 0 Å². The Morgan fingerprint density at radius 1 is 1.63 bits per heavy atom. The van der Waals surface area contributed by atoms with E-state index in [2.05, 4.69) is 11.8 Å². The summed E-state index contributed by atoms with van der Waals surface area (Å²) in [5.74, 6) is 0. The molecule has 0 amide bonds.